The first-order valence-corrected chi connectivity index (χ1v) is 8.78. The number of hydrogen-bond acceptors (Lipinski definition) is 4. The van der Waals surface area contributed by atoms with Crippen LogP contribution in [0, 0.1) is 5.41 Å². The SMILES string of the molecule is O=C(NCC1(CO)CCCCC1)c1cc2sccc2s1. The normalized spacial score (nSPS) is 18.2. The van der Waals surface area contributed by atoms with Crippen LogP contribution in [0.5, 0.6) is 0 Å². The lowest BCUT2D eigenvalue weighted by Crippen LogP contribution is -2.41. The van der Waals surface area contributed by atoms with Gasteiger partial charge in [0.25, 0.3) is 5.91 Å². The summed E-state index contributed by atoms with van der Waals surface area (Å²) >= 11 is 3.21. The van der Waals surface area contributed by atoms with Gasteiger partial charge in [-0.05, 0) is 30.4 Å². The van der Waals surface area contributed by atoms with Crippen molar-refractivity contribution in [2.45, 2.75) is 32.1 Å². The number of carbonyl (C=O) groups is 1. The Bertz CT molecular complexity index is 567. The van der Waals surface area contributed by atoms with E-state index in [2.05, 4.69) is 11.4 Å². The molecule has 0 unspecified atom stereocenters. The van der Waals surface area contributed by atoms with Gasteiger partial charge in [0, 0.05) is 21.4 Å². The average Bonchev–Trinajstić information content (AvgIpc) is 3.07. The highest BCUT2D eigenvalue weighted by Crippen LogP contribution is 2.35. The van der Waals surface area contributed by atoms with Gasteiger partial charge in [-0.2, -0.15) is 0 Å². The van der Waals surface area contributed by atoms with Crippen molar-refractivity contribution in [1.29, 1.82) is 0 Å². The lowest BCUT2D eigenvalue weighted by atomic mass is 9.74. The minimum atomic E-state index is -0.0947. The van der Waals surface area contributed by atoms with Crippen molar-refractivity contribution in [2.24, 2.45) is 5.41 Å². The van der Waals surface area contributed by atoms with Crippen molar-refractivity contribution in [3.8, 4) is 0 Å². The topological polar surface area (TPSA) is 49.3 Å². The summed E-state index contributed by atoms with van der Waals surface area (Å²) in [5, 5.41) is 14.7. The second-order valence-corrected chi connectivity index (χ2v) is 7.69. The Hall–Kier alpha value is -0.910. The monoisotopic (exact) mass is 309 g/mol. The highest BCUT2D eigenvalue weighted by molar-refractivity contribution is 7.27. The molecule has 3 nitrogen and oxygen atoms in total. The lowest BCUT2D eigenvalue weighted by Gasteiger charge is -2.35. The molecule has 5 heteroatoms. The number of nitrogens with one attached hydrogen (secondary N) is 1. The van der Waals surface area contributed by atoms with E-state index >= 15 is 0 Å². The van der Waals surface area contributed by atoms with E-state index in [1.54, 1.807) is 22.7 Å². The number of amides is 1. The molecule has 2 aromatic rings. The molecule has 3 rings (SSSR count). The predicted molar refractivity (Wildman–Crippen MR) is 84.6 cm³/mol. The summed E-state index contributed by atoms with van der Waals surface area (Å²) in [4.78, 5) is 13.0. The Morgan fingerprint density at radius 3 is 2.80 bits per heavy atom. The van der Waals surface area contributed by atoms with Gasteiger partial charge in [0.15, 0.2) is 0 Å². The molecule has 0 saturated heterocycles. The fourth-order valence-corrected chi connectivity index (χ4v) is 4.95. The van der Waals surface area contributed by atoms with Gasteiger partial charge in [0.1, 0.15) is 0 Å². The van der Waals surface area contributed by atoms with Gasteiger partial charge in [-0.1, -0.05) is 19.3 Å². The van der Waals surface area contributed by atoms with Crippen LogP contribution < -0.4 is 5.32 Å². The molecule has 1 saturated carbocycles. The van der Waals surface area contributed by atoms with E-state index in [1.807, 2.05) is 11.4 Å². The first kappa shape index (κ1) is 14.0. The summed E-state index contributed by atoms with van der Waals surface area (Å²) in [5.41, 5.74) is -0.0947. The molecule has 20 heavy (non-hydrogen) atoms. The Balaban J connectivity index is 1.65. The third-order valence-corrected chi connectivity index (χ3v) is 6.33. The molecular weight excluding hydrogens is 290 g/mol. The maximum atomic E-state index is 12.2. The van der Waals surface area contributed by atoms with E-state index < -0.39 is 0 Å². The van der Waals surface area contributed by atoms with Crippen LogP contribution in [-0.4, -0.2) is 24.2 Å². The van der Waals surface area contributed by atoms with Crippen LogP contribution >= 0.6 is 22.7 Å². The first-order valence-electron chi connectivity index (χ1n) is 7.09. The van der Waals surface area contributed by atoms with Crippen LogP contribution in [0.2, 0.25) is 0 Å². The smallest absolute Gasteiger partial charge is 0.261 e. The molecule has 2 heterocycles. The Kier molecular flexibility index (Phi) is 4.10. The molecule has 108 valence electrons. The fraction of sp³-hybridized carbons (Fsp3) is 0.533. The molecule has 1 amide bonds. The number of aliphatic hydroxyl groups is 1. The van der Waals surface area contributed by atoms with Gasteiger partial charge in [-0.15, -0.1) is 22.7 Å². The molecular formula is C15H19NO2S2. The first-order chi connectivity index (χ1) is 9.72. The molecule has 0 spiro atoms. The zero-order chi connectivity index (χ0) is 14.0. The third kappa shape index (κ3) is 2.75. The second kappa shape index (κ2) is 5.84. The van der Waals surface area contributed by atoms with Gasteiger partial charge in [0.2, 0.25) is 0 Å². The Labute approximate surface area is 126 Å². The van der Waals surface area contributed by atoms with Crippen molar-refractivity contribution in [2.75, 3.05) is 13.2 Å². The van der Waals surface area contributed by atoms with Crippen molar-refractivity contribution in [3.05, 3.63) is 22.4 Å². The van der Waals surface area contributed by atoms with Gasteiger partial charge in [0.05, 0.1) is 11.5 Å². The van der Waals surface area contributed by atoms with E-state index in [9.17, 15) is 9.90 Å². The van der Waals surface area contributed by atoms with Crippen molar-refractivity contribution in [1.82, 2.24) is 5.32 Å². The molecule has 1 aliphatic carbocycles. The number of carbonyl (C=O) groups excluding carboxylic acids is 1. The quantitative estimate of drug-likeness (QED) is 0.906. The van der Waals surface area contributed by atoms with Crippen molar-refractivity contribution >= 4 is 38.0 Å². The number of thiophene rings is 2. The summed E-state index contributed by atoms with van der Waals surface area (Å²) in [6.45, 7) is 0.765. The van der Waals surface area contributed by atoms with Crippen LogP contribution in [0.25, 0.3) is 9.40 Å². The Morgan fingerprint density at radius 1 is 1.30 bits per heavy atom. The van der Waals surface area contributed by atoms with Crippen LogP contribution in [-0.2, 0) is 0 Å². The highest BCUT2D eigenvalue weighted by Gasteiger charge is 2.31. The third-order valence-electron chi connectivity index (χ3n) is 4.24. The maximum absolute atomic E-state index is 12.2. The van der Waals surface area contributed by atoms with Gasteiger partial charge >= 0.3 is 0 Å². The number of hydrogen-bond donors (Lipinski definition) is 2. The summed E-state index contributed by atoms with van der Waals surface area (Å²) in [6.07, 6.45) is 5.60. The van der Waals surface area contributed by atoms with E-state index in [0.29, 0.717) is 6.54 Å². The Morgan fingerprint density at radius 2 is 2.10 bits per heavy atom. The second-order valence-electron chi connectivity index (χ2n) is 5.66. The van der Waals surface area contributed by atoms with Gasteiger partial charge in [-0.25, -0.2) is 0 Å². The molecule has 0 aromatic carbocycles. The molecule has 0 aliphatic heterocycles. The van der Waals surface area contributed by atoms with E-state index in [4.69, 9.17) is 0 Å². The number of fused-ring (bicyclic) bond motifs is 1. The van der Waals surface area contributed by atoms with Gasteiger partial charge < -0.3 is 10.4 Å². The van der Waals surface area contributed by atoms with E-state index in [1.165, 1.54) is 15.8 Å². The molecule has 2 N–H and O–H groups in total. The predicted octanol–water partition coefficient (Wildman–Crippen LogP) is 3.64. The lowest BCUT2D eigenvalue weighted by molar-refractivity contribution is 0.0720. The highest BCUT2D eigenvalue weighted by atomic mass is 32.1. The molecule has 1 fully saturated rings. The molecule has 1 aliphatic rings. The fourth-order valence-electron chi connectivity index (χ4n) is 2.93. The summed E-state index contributed by atoms with van der Waals surface area (Å²) in [6, 6.07) is 4.02. The van der Waals surface area contributed by atoms with Crippen LogP contribution in [0.3, 0.4) is 0 Å². The van der Waals surface area contributed by atoms with Crippen molar-refractivity contribution < 1.29 is 9.90 Å². The van der Waals surface area contributed by atoms with Crippen LogP contribution in [0.1, 0.15) is 41.8 Å². The zero-order valence-electron chi connectivity index (χ0n) is 11.4. The molecule has 0 radical (unpaired) electrons. The van der Waals surface area contributed by atoms with Crippen molar-refractivity contribution in [3.63, 3.8) is 0 Å². The number of aliphatic hydroxyl groups excluding tert-OH is 1. The average molecular weight is 309 g/mol. The van der Waals surface area contributed by atoms with Crippen LogP contribution in [0.4, 0.5) is 0 Å². The van der Waals surface area contributed by atoms with E-state index in [-0.39, 0.29) is 17.9 Å². The molecule has 0 atom stereocenters. The summed E-state index contributed by atoms with van der Waals surface area (Å²) in [5.74, 6) is -0.00296. The zero-order valence-corrected chi connectivity index (χ0v) is 13.0. The van der Waals surface area contributed by atoms with Gasteiger partial charge in [-0.3, -0.25) is 4.79 Å². The maximum Gasteiger partial charge on any atom is 0.261 e. The standard InChI is InChI=1S/C15H19NO2S2/c17-10-15(5-2-1-3-6-15)9-16-14(18)13-8-12-11(20-13)4-7-19-12/h4,7-8,17H,1-3,5-6,9-10H2,(H,16,18). The van der Waals surface area contributed by atoms with Crippen LogP contribution in [0.15, 0.2) is 17.5 Å². The van der Waals surface area contributed by atoms with E-state index in [0.717, 1.165) is 30.6 Å². The molecule has 2 aromatic heterocycles. The minimum absolute atomic E-state index is 0.00296. The summed E-state index contributed by atoms with van der Waals surface area (Å²) < 4.78 is 2.35. The minimum Gasteiger partial charge on any atom is -0.396 e. The summed E-state index contributed by atoms with van der Waals surface area (Å²) in [7, 11) is 0. The largest absolute Gasteiger partial charge is 0.396 e. The molecule has 0 bridgehead atoms. The number of rotatable bonds is 4.